The first-order valence-corrected chi connectivity index (χ1v) is 9.98. The third kappa shape index (κ3) is 3.30. The maximum atomic E-state index is 6.35. The first kappa shape index (κ1) is 17.1. The molecule has 6 nitrogen and oxygen atoms in total. The zero-order chi connectivity index (χ0) is 18.9. The number of anilines is 1. The van der Waals surface area contributed by atoms with Gasteiger partial charge in [-0.3, -0.25) is 0 Å². The Balaban J connectivity index is 1.22. The average molecular weight is 392 g/mol. The van der Waals surface area contributed by atoms with E-state index in [9.17, 15) is 0 Å². The van der Waals surface area contributed by atoms with Crippen LogP contribution in [-0.2, 0) is 6.42 Å². The molecule has 142 valence electrons. The molecule has 3 heterocycles. The third-order valence-electron chi connectivity index (χ3n) is 4.84. The molecule has 4 N–H and O–H groups in total. The van der Waals surface area contributed by atoms with Gasteiger partial charge in [-0.2, -0.15) is 0 Å². The predicted molar refractivity (Wildman–Crippen MR) is 112 cm³/mol. The van der Waals surface area contributed by atoms with Crippen molar-refractivity contribution in [2.75, 3.05) is 18.7 Å². The molecule has 1 atom stereocenters. The van der Waals surface area contributed by atoms with Crippen molar-refractivity contribution in [3.05, 3.63) is 60.4 Å². The normalized spacial score (nSPS) is 13.8. The quantitative estimate of drug-likeness (QED) is 0.462. The molecular weight excluding hydrogens is 372 g/mol. The van der Waals surface area contributed by atoms with Crippen molar-refractivity contribution in [3.8, 4) is 21.9 Å². The minimum absolute atomic E-state index is 0.00269. The van der Waals surface area contributed by atoms with Crippen LogP contribution in [0.25, 0.3) is 21.3 Å². The highest BCUT2D eigenvalue weighted by molar-refractivity contribution is 7.18. The summed E-state index contributed by atoms with van der Waals surface area (Å²) in [6.07, 6.45) is 4.72. The molecule has 0 spiro atoms. The molecule has 2 aromatic carbocycles. The number of hydrogen-bond acceptors (Lipinski definition) is 6. The Morgan fingerprint density at radius 2 is 2.07 bits per heavy atom. The van der Waals surface area contributed by atoms with Crippen molar-refractivity contribution in [1.82, 2.24) is 9.97 Å². The van der Waals surface area contributed by atoms with Crippen molar-refractivity contribution in [1.29, 1.82) is 0 Å². The highest BCUT2D eigenvalue weighted by Crippen LogP contribution is 2.38. The Kier molecular flexibility index (Phi) is 4.38. The van der Waals surface area contributed by atoms with E-state index in [2.05, 4.69) is 33.5 Å². The smallest absolute Gasteiger partial charge is 0.231 e. The van der Waals surface area contributed by atoms with E-state index < -0.39 is 0 Å². The summed E-state index contributed by atoms with van der Waals surface area (Å²) in [5, 5.41) is 5.46. The van der Waals surface area contributed by atoms with Crippen molar-refractivity contribution in [2.24, 2.45) is 5.73 Å². The molecule has 5 rings (SSSR count). The largest absolute Gasteiger partial charge is 0.454 e. The first-order valence-electron chi connectivity index (χ1n) is 9.16. The number of aromatic amines is 1. The third-order valence-corrected chi connectivity index (χ3v) is 5.84. The number of nitrogens with zero attached hydrogens (tertiary/aromatic N) is 1. The second-order valence-electron chi connectivity index (χ2n) is 6.80. The van der Waals surface area contributed by atoms with Gasteiger partial charge in [0.25, 0.3) is 0 Å². The van der Waals surface area contributed by atoms with Gasteiger partial charge in [-0.05, 0) is 41.8 Å². The molecule has 0 amide bonds. The Labute approximate surface area is 166 Å². The number of ether oxygens (including phenoxy) is 2. The minimum Gasteiger partial charge on any atom is -0.454 e. The van der Waals surface area contributed by atoms with Gasteiger partial charge in [-0.15, -0.1) is 0 Å². The molecule has 28 heavy (non-hydrogen) atoms. The Morgan fingerprint density at radius 3 is 3.04 bits per heavy atom. The second kappa shape index (κ2) is 7.18. The minimum atomic E-state index is -0.00269. The van der Waals surface area contributed by atoms with Crippen LogP contribution < -0.4 is 20.5 Å². The van der Waals surface area contributed by atoms with Gasteiger partial charge in [0.1, 0.15) is 0 Å². The lowest BCUT2D eigenvalue weighted by atomic mass is 10.1. The molecule has 0 saturated heterocycles. The van der Waals surface area contributed by atoms with Crippen LogP contribution in [0.1, 0.15) is 5.56 Å². The van der Waals surface area contributed by atoms with Crippen LogP contribution >= 0.6 is 11.3 Å². The molecule has 1 aliphatic rings. The molecule has 0 unspecified atom stereocenters. The number of fused-ring (bicyclic) bond motifs is 2. The number of nitrogens with two attached hydrogens (primary N) is 1. The number of aromatic nitrogens is 2. The van der Waals surface area contributed by atoms with E-state index in [0.29, 0.717) is 6.54 Å². The Hall–Kier alpha value is -3.03. The maximum Gasteiger partial charge on any atom is 0.231 e. The van der Waals surface area contributed by atoms with Crippen LogP contribution in [0.4, 0.5) is 5.13 Å². The SMILES string of the molecule is N[C@@H](CNc1ncc(-c2ccc3c(c2)OCO3)s1)Cc1c[nH]c2ccccc12. The maximum absolute atomic E-state index is 6.35. The summed E-state index contributed by atoms with van der Waals surface area (Å²) in [5.74, 6) is 1.57. The molecular formula is C21H20N4O2S. The van der Waals surface area contributed by atoms with E-state index in [1.165, 1.54) is 10.9 Å². The number of para-hydroxylation sites is 1. The molecule has 0 radical (unpaired) electrons. The van der Waals surface area contributed by atoms with Crippen LogP contribution in [0.5, 0.6) is 11.5 Å². The summed E-state index contributed by atoms with van der Waals surface area (Å²) in [5.41, 5.74) is 9.81. The lowest BCUT2D eigenvalue weighted by molar-refractivity contribution is 0.174. The molecule has 2 aromatic heterocycles. The Morgan fingerprint density at radius 1 is 1.18 bits per heavy atom. The van der Waals surface area contributed by atoms with E-state index in [0.717, 1.165) is 39.0 Å². The molecule has 0 fully saturated rings. The standard InChI is InChI=1S/C21H20N4O2S/c22-15(7-14-9-23-17-4-2-1-3-16(14)17)10-24-21-25-11-20(28-21)13-5-6-18-19(8-13)27-12-26-18/h1-6,8-9,11,15,23H,7,10,12,22H2,(H,24,25)/t15-/m1/s1. The van der Waals surface area contributed by atoms with Crippen molar-refractivity contribution in [3.63, 3.8) is 0 Å². The van der Waals surface area contributed by atoms with Gasteiger partial charge in [-0.25, -0.2) is 4.98 Å². The summed E-state index contributed by atoms with van der Waals surface area (Å²) in [6, 6.07) is 14.2. The van der Waals surface area contributed by atoms with E-state index in [-0.39, 0.29) is 12.8 Å². The molecule has 1 aliphatic heterocycles. The van der Waals surface area contributed by atoms with Gasteiger partial charge < -0.3 is 25.5 Å². The first-order chi connectivity index (χ1) is 13.8. The summed E-state index contributed by atoms with van der Waals surface area (Å²) in [4.78, 5) is 8.85. The van der Waals surface area contributed by atoms with Crippen LogP contribution in [0, 0.1) is 0 Å². The van der Waals surface area contributed by atoms with E-state index in [1.807, 2.05) is 36.7 Å². The molecule has 4 aromatic rings. The summed E-state index contributed by atoms with van der Waals surface area (Å²) < 4.78 is 10.8. The number of thiazole rings is 1. The lowest BCUT2D eigenvalue weighted by Gasteiger charge is -2.11. The van der Waals surface area contributed by atoms with Crippen LogP contribution in [-0.4, -0.2) is 29.3 Å². The monoisotopic (exact) mass is 392 g/mol. The molecule has 0 bridgehead atoms. The molecule has 7 heteroatoms. The van der Waals surface area contributed by atoms with Gasteiger partial charge in [0.05, 0.1) is 4.88 Å². The van der Waals surface area contributed by atoms with Gasteiger partial charge >= 0.3 is 0 Å². The lowest BCUT2D eigenvalue weighted by Crippen LogP contribution is -2.31. The summed E-state index contributed by atoms with van der Waals surface area (Å²) >= 11 is 1.60. The highest BCUT2D eigenvalue weighted by Gasteiger charge is 2.15. The summed E-state index contributed by atoms with van der Waals surface area (Å²) in [6.45, 7) is 0.941. The number of rotatable bonds is 6. The highest BCUT2D eigenvalue weighted by atomic mass is 32.1. The molecule has 0 saturated carbocycles. The number of H-pyrrole nitrogens is 1. The van der Waals surface area contributed by atoms with Crippen molar-refractivity contribution < 1.29 is 9.47 Å². The summed E-state index contributed by atoms with van der Waals surface area (Å²) in [7, 11) is 0. The van der Waals surface area contributed by atoms with Gasteiger partial charge in [0.2, 0.25) is 6.79 Å². The van der Waals surface area contributed by atoms with Gasteiger partial charge in [0, 0.05) is 35.9 Å². The van der Waals surface area contributed by atoms with Crippen LogP contribution in [0.3, 0.4) is 0 Å². The van der Waals surface area contributed by atoms with Gasteiger partial charge in [0.15, 0.2) is 16.6 Å². The van der Waals surface area contributed by atoms with Crippen LogP contribution in [0.2, 0.25) is 0 Å². The van der Waals surface area contributed by atoms with Crippen molar-refractivity contribution in [2.45, 2.75) is 12.5 Å². The van der Waals surface area contributed by atoms with E-state index in [4.69, 9.17) is 15.2 Å². The fourth-order valence-electron chi connectivity index (χ4n) is 3.41. The van der Waals surface area contributed by atoms with E-state index in [1.54, 1.807) is 11.3 Å². The number of hydrogen-bond donors (Lipinski definition) is 3. The predicted octanol–water partition coefficient (Wildman–Crippen LogP) is 4.00. The van der Waals surface area contributed by atoms with Crippen LogP contribution in [0.15, 0.2) is 54.9 Å². The second-order valence-corrected chi connectivity index (χ2v) is 7.83. The average Bonchev–Trinajstić information content (AvgIpc) is 3.46. The topological polar surface area (TPSA) is 85.2 Å². The zero-order valence-corrected chi connectivity index (χ0v) is 16.0. The van der Waals surface area contributed by atoms with E-state index >= 15 is 0 Å². The molecule has 0 aliphatic carbocycles. The zero-order valence-electron chi connectivity index (χ0n) is 15.1. The number of nitrogens with one attached hydrogen (secondary N) is 2. The fraction of sp³-hybridized carbons (Fsp3) is 0.190. The fourth-order valence-corrected chi connectivity index (χ4v) is 4.23. The Bertz CT molecular complexity index is 1120. The van der Waals surface area contributed by atoms with Crippen molar-refractivity contribution >= 4 is 27.4 Å². The van der Waals surface area contributed by atoms with Gasteiger partial charge in [-0.1, -0.05) is 29.5 Å². The number of benzene rings is 2.